The Balaban J connectivity index is 1.65. The molecule has 15 nitrogen and oxygen atoms in total. The highest BCUT2D eigenvalue weighted by Crippen LogP contribution is 2.40. The number of aliphatic carboxylic acids is 1. The lowest BCUT2D eigenvalue weighted by molar-refractivity contribution is -0.384. The average molecular weight is 692 g/mol. The van der Waals surface area contributed by atoms with Gasteiger partial charge in [-0.2, -0.15) is 8.42 Å². The third-order valence-electron chi connectivity index (χ3n) is 6.36. The fourth-order valence-electron chi connectivity index (χ4n) is 4.11. The Morgan fingerprint density at radius 3 is 2.13 bits per heavy atom. The second-order valence-electron chi connectivity index (χ2n) is 9.61. The van der Waals surface area contributed by atoms with Crippen LogP contribution in [0.2, 0.25) is 0 Å². The molecule has 4 rings (SSSR count). The van der Waals surface area contributed by atoms with E-state index in [1.165, 1.54) is 24.3 Å². The zero-order valence-corrected chi connectivity index (χ0v) is 26.4. The lowest BCUT2D eigenvalue weighted by Crippen LogP contribution is -2.70. The molecule has 0 aromatic heterocycles. The van der Waals surface area contributed by atoms with Gasteiger partial charge in [0, 0.05) is 22.9 Å². The molecule has 18 heteroatoms. The molecule has 2 N–H and O–H groups in total. The first-order chi connectivity index (χ1) is 21.6. The Hall–Kier alpha value is -4.94. The van der Waals surface area contributed by atoms with Crippen LogP contribution in [-0.4, -0.2) is 67.6 Å². The molecule has 0 saturated carbocycles. The number of para-hydroxylation sites is 1. The number of nitrogens with zero attached hydrogens (tertiary/aromatic N) is 2. The molecule has 0 radical (unpaired) electrons. The van der Waals surface area contributed by atoms with Gasteiger partial charge < -0.3 is 19.3 Å². The Morgan fingerprint density at radius 2 is 1.57 bits per heavy atom. The highest BCUT2D eigenvalue weighted by Gasteiger charge is 2.55. The van der Waals surface area contributed by atoms with E-state index in [0.717, 1.165) is 36.8 Å². The standard InChI is InChI=1S/C28H25N3O12S3/c1-17-8-12-22(13-9-17)46(40,41)44-27-24(29-23(32)16-42-20-6-4-3-5-7-20)26(33)30(27)25(28(34)35)18(2)43-45(38,39)21-14-10-19(11-15-21)31(36)37/h3-15,24,27H,16H2,1-2H3,(H,29,32)(H,34,35)/t24-,27-/m1/s1. The summed E-state index contributed by atoms with van der Waals surface area (Å²) in [5, 5.41) is 21.7. The number of nitro groups is 1. The summed E-state index contributed by atoms with van der Waals surface area (Å²) in [6, 6.07) is 15.8. The Bertz CT molecular complexity index is 1910. The molecule has 0 unspecified atom stereocenters. The lowest BCUT2D eigenvalue weighted by Gasteiger charge is -2.45. The second kappa shape index (κ2) is 13.6. The van der Waals surface area contributed by atoms with Crippen LogP contribution in [0, 0.1) is 17.0 Å². The molecule has 2 amide bonds. The highest BCUT2D eigenvalue weighted by molar-refractivity contribution is 8.72. The number of carbonyl (C=O) groups excluding carboxylic acids is 2. The van der Waals surface area contributed by atoms with Crippen molar-refractivity contribution in [3.8, 4) is 5.75 Å². The topological polar surface area (TPSA) is 217 Å². The molecule has 0 aliphatic carbocycles. The van der Waals surface area contributed by atoms with Crippen LogP contribution in [0.25, 0.3) is 0 Å². The fourth-order valence-corrected chi connectivity index (χ4v) is 8.56. The van der Waals surface area contributed by atoms with Crippen LogP contribution in [-0.2, 0) is 37.6 Å². The van der Waals surface area contributed by atoms with Crippen molar-refractivity contribution < 1.29 is 50.2 Å². The van der Waals surface area contributed by atoms with Gasteiger partial charge in [0.1, 0.15) is 27.8 Å². The Kier molecular flexibility index (Phi) is 10.0. The van der Waals surface area contributed by atoms with Crippen molar-refractivity contribution in [1.29, 1.82) is 0 Å². The van der Waals surface area contributed by atoms with Gasteiger partial charge in [0.15, 0.2) is 12.3 Å². The summed E-state index contributed by atoms with van der Waals surface area (Å²) in [6.07, 6.45) is 0. The maximum absolute atomic E-state index is 13.3. The second-order valence-corrected chi connectivity index (χ2v) is 15.1. The van der Waals surface area contributed by atoms with Crippen LogP contribution < -0.4 is 10.1 Å². The lowest BCUT2D eigenvalue weighted by atomic mass is 10.1. The van der Waals surface area contributed by atoms with Crippen LogP contribution in [0.1, 0.15) is 12.5 Å². The number of nitrogens with one attached hydrogen (secondary N) is 1. The summed E-state index contributed by atoms with van der Waals surface area (Å²) in [5.41, 5.74) is -0.676. The number of likely N-dealkylation sites (tertiary alicyclic amines) is 1. The van der Waals surface area contributed by atoms with Crippen LogP contribution in [0.15, 0.2) is 100 Å². The van der Waals surface area contributed by atoms with Crippen molar-refractivity contribution in [3.05, 3.63) is 106 Å². The number of carboxylic acids is 1. The third-order valence-corrected chi connectivity index (χ3v) is 11.4. The van der Waals surface area contributed by atoms with Gasteiger partial charge >= 0.3 is 16.1 Å². The number of nitro benzene ring substituents is 1. The van der Waals surface area contributed by atoms with Gasteiger partial charge in [0.25, 0.3) is 17.5 Å². The van der Waals surface area contributed by atoms with Gasteiger partial charge in [-0.15, -0.1) is 0 Å². The zero-order valence-electron chi connectivity index (χ0n) is 23.9. The maximum Gasteiger partial charge on any atom is 0.356 e. The maximum atomic E-state index is 13.3. The minimum atomic E-state index is -4.77. The van der Waals surface area contributed by atoms with Crippen LogP contribution in [0.5, 0.6) is 5.75 Å². The molecule has 0 spiro atoms. The van der Waals surface area contributed by atoms with Crippen LogP contribution >= 0.6 is 10.8 Å². The number of rotatable bonds is 13. The van der Waals surface area contributed by atoms with Crippen LogP contribution in [0.3, 0.4) is 0 Å². The van der Waals surface area contributed by atoms with Crippen molar-refractivity contribution in [2.45, 2.75) is 35.1 Å². The number of hydrogen-bond acceptors (Lipinski definition) is 12. The minimum absolute atomic E-state index is 0.161. The number of aryl methyl sites for hydroxylation is 1. The quantitative estimate of drug-likeness (QED) is 0.0502. The number of ether oxygens (including phenoxy) is 1. The number of non-ortho nitro benzene ring substituents is 1. The first-order valence-electron chi connectivity index (χ1n) is 13.0. The molecule has 46 heavy (non-hydrogen) atoms. The molecular weight excluding hydrogens is 667 g/mol. The van der Waals surface area contributed by atoms with E-state index in [1.54, 1.807) is 37.3 Å². The smallest absolute Gasteiger partial charge is 0.356 e. The number of β-lactam (4-membered cyclic amide) rings is 1. The van der Waals surface area contributed by atoms with Crippen molar-refractivity contribution >= 4 is 53.3 Å². The third kappa shape index (κ3) is 7.64. The Labute approximate surface area is 266 Å². The molecular formula is C28H25N3O12S3. The summed E-state index contributed by atoms with van der Waals surface area (Å²) in [5.74, 6) is -4.23. The van der Waals surface area contributed by atoms with Gasteiger partial charge in [0.05, 0.1) is 9.82 Å². The summed E-state index contributed by atoms with van der Waals surface area (Å²) >= 11 is 0. The molecule has 2 atom stereocenters. The zero-order chi connectivity index (χ0) is 33.8. The molecule has 1 aliphatic rings. The molecule has 1 saturated heterocycles. The summed E-state index contributed by atoms with van der Waals surface area (Å²) in [4.78, 5) is 48.4. The number of hydrogen-bond donors (Lipinski definition) is 2. The van der Waals surface area contributed by atoms with Gasteiger partial charge in [-0.3, -0.25) is 24.6 Å². The van der Waals surface area contributed by atoms with E-state index < -0.39 is 81.8 Å². The van der Waals surface area contributed by atoms with Crippen molar-refractivity contribution in [3.63, 3.8) is 0 Å². The average Bonchev–Trinajstić information content (AvgIpc) is 3.01. The van der Waals surface area contributed by atoms with E-state index in [-0.39, 0.29) is 15.7 Å². The first kappa shape index (κ1) is 33.9. The molecule has 242 valence electrons. The molecule has 1 aliphatic heterocycles. The first-order valence-corrected chi connectivity index (χ1v) is 17.3. The highest BCUT2D eigenvalue weighted by atomic mass is 33.1. The van der Waals surface area contributed by atoms with E-state index in [4.69, 9.17) is 8.92 Å². The molecule has 0 bridgehead atoms. The van der Waals surface area contributed by atoms with E-state index in [9.17, 15) is 46.4 Å². The number of carboxylic acid groups (broad SMARTS) is 1. The van der Waals surface area contributed by atoms with Gasteiger partial charge in [0.2, 0.25) is 8.87 Å². The monoisotopic (exact) mass is 691 g/mol. The summed E-state index contributed by atoms with van der Waals surface area (Å²) < 4.78 is 62.8. The van der Waals surface area contributed by atoms with E-state index in [2.05, 4.69) is 5.32 Å². The predicted octanol–water partition coefficient (Wildman–Crippen LogP) is 2.78. The molecule has 1 heterocycles. The summed E-state index contributed by atoms with van der Waals surface area (Å²) in [6.45, 7) is 2.10. The number of benzene rings is 3. The fraction of sp³-hybridized carbons (Fsp3) is 0.179. The van der Waals surface area contributed by atoms with E-state index in [0.29, 0.717) is 10.6 Å². The normalized spacial score (nSPS) is 16.9. The molecule has 1 fully saturated rings. The predicted molar refractivity (Wildman–Crippen MR) is 162 cm³/mol. The van der Waals surface area contributed by atoms with Gasteiger partial charge in [-0.25, -0.2) is 13.2 Å². The largest absolute Gasteiger partial charge is 0.484 e. The molecule has 3 aromatic carbocycles. The van der Waals surface area contributed by atoms with Gasteiger partial charge in [-0.1, -0.05) is 35.9 Å². The van der Waals surface area contributed by atoms with Crippen molar-refractivity contribution in [2.75, 3.05) is 6.61 Å². The van der Waals surface area contributed by atoms with Crippen molar-refractivity contribution in [2.24, 2.45) is 0 Å². The molecule has 3 aromatic rings. The Morgan fingerprint density at radius 1 is 0.978 bits per heavy atom. The number of carbonyl (C=O) groups is 3. The minimum Gasteiger partial charge on any atom is -0.484 e. The number of amides is 2. The van der Waals surface area contributed by atoms with E-state index in [1.807, 2.05) is 0 Å². The van der Waals surface area contributed by atoms with Crippen molar-refractivity contribution in [1.82, 2.24) is 10.2 Å². The SMILES string of the molecule is CC(OS(=O)(=O)c1ccc([N+](=O)[O-])cc1)=C(C(=O)O)N1C(=O)[C@@H](NC(=O)COc2ccccc2)[C@H]1SS(=O)(=O)c1ccc(C)cc1. The van der Waals surface area contributed by atoms with Gasteiger partial charge in [-0.05, 0) is 50.2 Å². The van der Waals surface area contributed by atoms with E-state index >= 15 is 0 Å². The van der Waals surface area contributed by atoms with Crippen LogP contribution in [0.4, 0.5) is 5.69 Å². The summed E-state index contributed by atoms with van der Waals surface area (Å²) in [7, 11) is -8.89. The number of allylic oxidation sites excluding steroid dienone is 1.